The third-order valence-corrected chi connectivity index (χ3v) is 4.20. The van der Waals surface area contributed by atoms with Gasteiger partial charge >= 0.3 is 6.09 Å². The van der Waals surface area contributed by atoms with Crippen molar-refractivity contribution in [3.63, 3.8) is 0 Å². The van der Waals surface area contributed by atoms with Crippen LogP contribution < -0.4 is 5.32 Å². The molecular weight excluding hydrogens is 358 g/mol. The van der Waals surface area contributed by atoms with E-state index >= 15 is 0 Å². The number of ether oxygens (including phenoxy) is 4. The number of nitrogens with one attached hydrogen (secondary N) is 1. The predicted octanol–water partition coefficient (Wildman–Crippen LogP) is 4.19. The Bertz CT molecular complexity index is 593. The molecule has 1 aromatic rings. The van der Waals surface area contributed by atoms with Crippen LogP contribution in [0.4, 0.5) is 4.79 Å². The van der Waals surface area contributed by atoms with Crippen LogP contribution >= 0.6 is 0 Å². The van der Waals surface area contributed by atoms with Crippen molar-refractivity contribution in [1.82, 2.24) is 5.32 Å². The fraction of sp³-hybridized carbons (Fsp3) is 0.591. The monoisotopic (exact) mass is 391 g/mol. The van der Waals surface area contributed by atoms with Gasteiger partial charge in [0, 0.05) is 6.61 Å². The van der Waals surface area contributed by atoms with Crippen LogP contribution in [0.5, 0.6) is 0 Å². The van der Waals surface area contributed by atoms with E-state index in [1.54, 1.807) is 6.08 Å². The van der Waals surface area contributed by atoms with E-state index in [4.69, 9.17) is 18.9 Å². The molecule has 6 nitrogen and oxygen atoms in total. The molecule has 2 rings (SSSR count). The van der Waals surface area contributed by atoms with E-state index in [0.29, 0.717) is 13.2 Å². The molecule has 1 aromatic carbocycles. The smallest absolute Gasteiger partial charge is 0.407 e. The molecule has 0 aromatic heterocycles. The number of carbonyl (C=O) groups is 1. The van der Waals surface area contributed by atoms with Gasteiger partial charge in [0.15, 0.2) is 6.29 Å². The molecule has 1 heterocycles. The first-order valence-corrected chi connectivity index (χ1v) is 9.89. The van der Waals surface area contributed by atoms with Crippen LogP contribution in [0.15, 0.2) is 43.0 Å². The van der Waals surface area contributed by atoms with Gasteiger partial charge in [-0.1, -0.05) is 36.4 Å². The van der Waals surface area contributed by atoms with Gasteiger partial charge in [-0.3, -0.25) is 0 Å². The van der Waals surface area contributed by atoms with Crippen molar-refractivity contribution in [2.45, 2.75) is 70.7 Å². The molecule has 1 aliphatic rings. The number of amides is 1. The van der Waals surface area contributed by atoms with E-state index in [1.165, 1.54) is 0 Å². The molecule has 6 heteroatoms. The van der Waals surface area contributed by atoms with Gasteiger partial charge in [-0.05, 0) is 45.6 Å². The summed E-state index contributed by atoms with van der Waals surface area (Å²) in [5.74, 6) is 0. The van der Waals surface area contributed by atoms with Gasteiger partial charge < -0.3 is 24.3 Å². The van der Waals surface area contributed by atoms with E-state index < -0.39 is 23.9 Å². The van der Waals surface area contributed by atoms with E-state index in [9.17, 15) is 4.79 Å². The quantitative estimate of drug-likeness (QED) is 0.639. The zero-order chi connectivity index (χ0) is 20.4. The topological polar surface area (TPSA) is 66.0 Å². The Morgan fingerprint density at radius 1 is 1.32 bits per heavy atom. The van der Waals surface area contributed by atoms with Crippen molar-refractivity contribution >= 4 is 6.09 Å². The molecule has 1 N–H and O–H groups in total. The maximum absolute atomic E-state index is 12.1. The van der Waals surface area contributed by atoms with E-state index in [0.717, 1.165) is 24.8 Å². The van der Waals surface area contributed by atoms with Gasteiger partial charge in [0.25, 0.3) is 0 Å². The first kappa shape index (κ1) is 22.4. The first-order chi connectivity index (χ1) is 13.4. The van der Waals surface area contributed by atoms with Gasteiger partial charge in [0.1, 0.15) is 17.8 Å². The number of hydrogen-bond acceptors (Lipinski definition) is 5. The Morgan fingerprint density at radius 2 is 2.07 bits per heavy atom. The third kappa shape index (κ3) is 8.42. The SMILES string of the molecule is C=C[C@H](OC1CCCCO1)[C@H](CNC(=O)OC(C)(C)C)OCc1ccccc1. The van der Waals surface area contributed by atoms with Crippen LogP contribution in [0.1, 0.15) is 45.6 Å². The van der Waals surface area contributed by atoms with Crippen LogP contribution in [0.25, 0.3) is 0 Å². The number of benzene rings is 1. The van der Waals surface area contributed by atoms with Crippen molar-refractivity contribution in [3.8, 4) is 0 Å². The highest BCUT2D eigenvalue weighted by Gasteiger charge is 2.27. The summed E-state index contributed by atoms with van der Waals surface area (Å²) < 4.78 is 23.1. The molecule has 0 saturated carbocycles. The molecule has 1 fully saturated rings. The molecule has 1 amide bonds. The Kier molecular flexibility index (Phi) is 8.96. The Morgan fingerprint density at radius 3 is 2.68 bits per heavy atom. The minimum atomic E-state index is -0.561. The Balaban J connectivity index is 1.98. The summed E-state index contributed by atoms with van der Waals surface area (Å²) in [5.41, 5.74) is 0.482. The standard InChI is InChI=1S/C22H33NO5/c1-5-18(27-20-13-9-10-14-25-20)19(15-23-21(24)28-22(2,3)4)26-16-17-11-7-6-8-12-17/h5-8,11-12,18-20H,1,9-10,13-16H2,2-4H3,(H,23,24)/t18-,19-,20?/m0/s1. The number of hydrogen-bond donors (Lipinski definition) is 1. The van der Waals surface area contributed by atoms with Crippen molar-refractivity contribution < 1.29 is 23.7 Å². The molecule has 156 valence electrons. The van der Waals surface area contributed by atoms with Crippen LogP contribution in [0.2, 0.25) is 0 Å². The first-order valence-electron chi connectivity index (χ1n) is 9.89. The summed E-state index contributed by atoms with van der Waals surface area (Å²) in [6.45, 7) is 10.7. The maximum atomic E-state index is 12.1. The van der Waals surface area contributed by atoms with E-state index in [1.807, 2.05) is 51.1 Å². The average Bonchev–Trinajstić information content (AvgIpc) is 2.67. The maximum Gasteiger partial charge on any atom is 0.407 e. The molecule has 0 radical (unpaired) electrons. The summed E-state index contributed by atoms with van der Waals surface area (Å²) in [6, 6.07) is 9.87. The normalized spacial score (nSPS) is 19.5. The van der Waals surface area contributed by atoms with Gasteiger partial charge in [-0.15, -0.1) is 6.58 Å². The summed E-state index contributed by atoms with van der Waals surface area (Å²) in [5, 5.41) is 2.77. The van der Waals surface area contributed by atoms with Gasteiger partial charge in [-0.25, -0.2) is 4.79 Å². The van der Waals surface area contributed by atoms with Gasteiger partial charge in [0.2, 0.25) is 0 Å². The van der Waals surface area contributed by atoms with Crippen molar-refractivity contribution in [3.05, 3.63) is 48.6 Å². The highest BCUT2D eigenvalue weighted by molar-refractivity contribution is 5.67. The molecule has 0 aliphatic carbocycles. The minimum absolute atomic E-state index is 0.241. The lowest BCUT2D eigenvalue weighted by Crippen LogP contribution is -2.44. The molecule has 1 unspecified atom stereocenters. The number of carbonyl (C=O) groups excluding carboxylic acids is 1. The second kappa shape index (κ2) is 11.2. The van der Waals surface area contributed by atoms with Crippen LogP contribution in [0, 0.1) is 0 Å². The summed E-state index contributed by atoms with van der Waals surface area (Å²) in [6.07, 6.45) is 3.06. The Labute approximate surface area is 168 Å². The van der Waals surface area contributed by atoms with Crippen molar-refractivity contribution in [1.29, 1.82) is 0 Å². The highest BCUT2D eigenvalue weighted by atomic mass is 16.7. The van der Waals surface area contributed by atoms with Crippen molar-refractivity contribution in [2.75, 3.05) is 13.2 Å². The zero-order valence-corrected chi connectivity index (χ0v) is 17.2. The average molecular weight is 392 g/mol. The lowest BCUT2D eigenvalue weighted by Gasteiger charge is -2.31. The minimum Gasteiger partial charge on any atom is -0.444 e. The number of alkyl carbamates (subject to hydrolysis) is 1. The van der Waals surface area contributed by atoms with Crippen molar-refractivity contribution in [2.24, 2.45) is 0 Å². The molecule has 0 spiro atoms. The summed E-state index contributed by atoms with van der Waals surface area (Å²) in [7, 11) is 0. The summed E-state index contributed by atoms with van der Waals surface area (Å²) in [4.78, 5) is 12.1. The highest BCUT2D eigenvalue weighted by Crippen LogP contribution is 2.19. The molecular formula is C22H33NO5. The second-order valence-corrected chi connectivity index (χ2v) is 7.85. The number of rotatable bonds is 9. The van der Waals surface area contributed by atoms with Gasteiger partial charge in [-0.2, -0.15) is 0 Å². The molecule has 3 atom stereocenters. The van der Waals surface area contributed by atoms with E-state index in [-0.39, 0.29) is 12.8 Å². The summed E-state index contributed by atoms with van der Waals surface area (Å²) >= 11 is 0. The third-order valence-electron chi connectivity index (χ3n) is 4.20. The fourth-order valence-corrected chi connectivity index (χ4v) is 2.83. The fourth-order valence-electron chi connectivity index (χ4n) is 2.83. The molecule has 1 aliphatic heterocycles. The zero-order valence-electron chi connectivity index (χ0n) is 17.2. The molecule has 0 bridgehead atoms. The van der Waals surface area contributed by atoms with Crippen LogP contribution in [0.3, 0.4) is 0 Å². The van der Waals surface area contributed by atoms with Gasteiger partial charge in [0.05, 0.1) is 13.2 Å². The van der Waals surface area contributed by atoms with E-state index in [2.05, 4.69) is 11.9 Å². The van der Waals surface area contributed by atoms with Crippen LogP contribution in [-0.4, -0.2) is 43.3 Å². The lowest BCUT2D eigenvalue weighted by atomic mass is 10.1. The Hall–Kier alpha value is -1.89. The molecule has 28 heavy (non-hydrogen) atoms. The second-order valence-electron chi connectivity index (χ2n) is 7.85. The molecule has 1 saturated heterocycles. The predicted molar refractivity (Wildman–Crippen MR) is 108 cm³/mol. The largest absolute Gasteiger partial charge is 0.444 e. The lowest BCUT2D eigenvalue weighted by molar-refractivity contribution is -0.200. The van der Waals surface area contributed by atoms with Crippen LogP contribution in [-0.2, 0) is 25.6 Å².